The number of fused-ring (bicyclic) bond motifs is 1. The van der Waals surface area contributed by atoms with Gasteiger partial charge in [-0.2, -0.15) is 5.10 Å². The van der Waals surface area contributed by atoms with E-state index >= 15 is 0 Å². The molecule has 0 aromatic carbocycles. The van der Waals surface area contributed by atoms with Crippen molar-refractivity contribution >= 4 is 11.5 Å². The second-order valence-electron chi connectivity index (χ2n) is 3.21. The summed E-state index contributed by atoms with van der Waals surface area (Å²) in [6.07, 6.45) is -0.00153. The summed E-state index contributed by atoms with van der Waals surface area (Å²) in [5.41, 5.74) is 2.52. The Labute approximate surface area is 80.8 Å². The van der Waals surface area contributed by atoms with E-state index < -0.39 is 5.97 Å². The summed E-state index contributed by atoms with van der Waals surface area (Å²) < 4.78 is 1.67. The molecule has 0 saturated carbocycles. The summed E-state index contributed by atoms with van der Waals surface area (Å²) in [5, 5.41) is 12.9. The maximum absolute atomic E-state index is 10.6. The van der Waals surface area contributed by atoms with Crippen molar-refractivity contribution in [2.45, 2.75) is 13.3 Å². The third-order valence-corrected chi connectivity index (χ3v) is 2.02. The Kier molecular flexibility index (Phi) is 1.96. The van der Waals surface area contributed by atoms with Crippen molar-refractivity contribution < 1.29 is 9.90 Å². The molecule has 0 spiro atoms. The van der Waals surface area contributed by atoms with Crippen LogP contribution in [0.5, 0.6) is 0 Å². The minimum absolute atomic E-state index is 0.00153. The van der Waals surface area contributed by atoms with Gasteiger partial charge in [-0.25, -0.2) is 4.52 Å². The first-order chi connectivity index (χ1) is 6.66. The summed E-state index contributed by atoms with van der Waals surface area (Å²) >= 11 is 0. The molecular weight excluding hydrogens is 180 g/mol. The number of aliphatic carboxylic acids is 1. The van der Waals surface area contributed by atoms with Gasteiger partial charge in [0.1, 0.15) is 0 Å². The van der Waals surface area contributed by atoms with E-state index in [-0.39, 0.29) is 6.42 Å². The third-order valence-electron chi connectivity index (χ3n) is 2.02. The average Bonchev–Trinajstić information content (AvgIpc) is 2.45. The fourth-order valence-corrected chi connectivity index (χ4v) is 1.49. The van der Waals surface area contributed by atoms with Gasteiger partial charge in [-0.1, -0.05) is 6.07 Å². The van der Waals surface area contributed by atoms with Crippen molar-refractivity contribution in [3.63, 3.8) is 0 Å². The van der Waals surface area contributed by atoms with Crippen molar-refractivity contribution in [1.82, 2.24) is 9.61 Å². The molecule has 0 unspecified atom stereocenters. The molecule has 0 fully saturated rings. The molecule has 0 aliphatic rings. The van der Waals surface area contributed by atoms with Crippen LogP contribution < -0.4 is 0 Å². The predicted octanol–water partition coefficient (Wildman–Crippen LogP) is 1.27. The molecule has 4 nitrogen and oxygen atoms in total. The van der Waals surface area contributed by atoms with E-state index in [0.29, 0.717) is 5.69 Å². The second kappa shape index (κ2) is 3.14. The molecule has 0 aliphatic heterocycles. The maximum atomic E-state index is 10.6. The van der Waals surface area contributed by atoms with Gasteiger partial charge in [0.05, 0.1) is 23.3 Å². The highest BCUT2D eigenvalue weighted by Gasteiger charge is 2.06. The number of pyridine rings is 1. The van der Waals surface area contributed by atoms with Gasteiger partial charge in [0.15, 0.2) is 0 Å². The van der Waals surface area contributed by atoms with E-state index in [9.17, 15) is 4.79 Å². The molecular formula is C10H10N2O2. The lowest BCUT2D eigenvalue weighted by Gasteiger charge is -2.00. The van der Waals surface area contributed by atoms with Crippen LogP contribution in [-0.2, 0) is 11.2 Å². The van der Waals surface area contributed by atoms with Crippen LogP contribution in [0.2, 0.25) is 0 Å². The first kappa shape index (κ1) is 8.74. The van der Waals surface area contributed by atoms with E-state index in [1.165, 1.54) is 0 Å². The molecule has 0 bridgehead atoms. The van der Waals surface area contributed by atoms with Crippen molar-refractivity contribution in [3.8, 4) is 0 Å². The fraction of sp³-hybridized carbons (Fsp3) is 0.200. The third kappa shape index (κ3) is 1.46. The Morgan fingerprint density at radius 1 is 1.57 bits per heavy atom. The van der Waals surface area contributed by atoms with E-state index in [1.807, 2.05) is 25.1 Å². The fourth-order valence-electron chi connectivity index (χ4n) is 1.49. The first-order valence-corrected chi connectivity index (χ1v) is 4.33. The number of aryl methyl sites for hydroxylation is 1. The van der Waals surface area contributed by atoms with Crippen molar-refractivity contribution in [1.29, 1.82) is 0 Å². The van der Waals surface area contributed by atoms with Crippen LogP contribution in [0.3, 0.4) is 0 Å². The van der Waals surface area contributed by atoms with Gasteiger partial charge in [0, 0.05) is 0 Å². The van der Waals surface area contributed by atoms with Crippen LogP contribution in [0, 0.1) is 6.92 Å². The minimum atomic E-state index is -0.842. The van der Waals surface area contributed by atoms with Gasteiger partial charge >= 0.3 is 5.97 Å². The quantitative estimate of drug-likeness (QED) is 0.775. The summed E-state index contributed by atoms with van der Waals surface area (Å²) in [4.78, 5) is 10.6. The first-order valence-electron chi connectivity index (χ1n) is 4.33. The zero-order valence-corrected chi connectivity index (χ0v) is 7.77. The lowest BCUT2D eigenvalue weighted by atomic mass is 10.2. The van der Waals surface area contributed by atoms with E-state index in [4.69, 9.17) is 5.11 Å². The zero-order chi connectivity index (χ0) is 10.1. The van der Waals surface area contributed by atoms with Crippen LogP contribution in [0.4, 0.5) is 0 Å². The molecule has 2 aromatic heterocycles. The zero-order valence-electron chi connectivity index (χ0n) is 7.77. The molecule has 14 heavy (non-hydrogen) atoms. The van der Waals surface area contributed by atoms with Crippen LogP contribution in [0.1, 0.15) is 11.4 Å². The topological polar surface area (TPSA) is 54.6 Å². The number of rotatable bonds is 2. The molecule has 0 amide bonds. The van der Waals surface area contributed by atoms with Gasteiger partial charge in [-0.3, -0.25) is 4.79 Å². The lowest BCUT2D eigenvalue weighted by molar-refractivity contribution is -0.136. The Morgan fingerprint density at radius 2 is 2.36 bits per heavy atom. The molecule has 0 aliphatic carbocycles. The van der Waals surface area contributed by atoms with Crippen molar-refractivity contribution in [2.75, 3.05) is 0 Å². The van der Waals surface area contributed by atoms with Crippen molar-refractivity contribution in [3.05, 3.63) is 35.7 Å². The normalized spacial score (nSPS) is 10.6. The molecule has 4 heteroatoms. The Hall–Kier alpha value is -1.84. The lowest BCUT2D eigenvalue weighted by Crippen LogP contribution is -2.06. The van der Waals surface area contributed by atoms with Gasteiger partial charge in [-0.15, -0.1) is 0 Å². The summed E-state index contributed by atoms with van der Waals surface area (Å²) in [6, 6.07) is 7.44. The number of carbonyl (C=O) groups is 1. The molecule has 2 heterocycles. The Morgan fingerprint density at radius 3 is 3.07 bits per heavy atom. The monoisotopic (exact) mass is 190 g/mol. The van der Waals surface area contributed by atoms with Crippen LogP contribution in [0.15, 0.2) is 24.3 Å². The van der Waals surface area contributed by atoms with Gasteiger partial charge in [0.2, 0.25) is 0 Å². The highest BCUT2D eigenvalue weighted by atomic mass is 16.4. The van der Waals surface area contributed by atoms with Crippen LogP contribution in [-0.4, -0.2) is 20.7 Å². The van der Waals surface area contributed by atoms with Crippen LogP contribution >= 0.6 is 0 Å². The van der Waals surface area contributed by atoms with Gasteiger partial charge in [-0.05, 0) is 25.1 Å². The molecule has 0 saturated heterocycles. The molecule has 2 rings (SSSR count). The highest BCUT2D eigenvalue weighted by molar-refractivity contribution is 5.70. The predicted molar refractivity (Wildman–Crippen MR) is 51.3 cm³/mol. The van der Waals surface area contributed by atoms with Gasteiger partial charge < -0.3 is 5.11 Å². The second-order valence-corrected chi connectivity index (χ2v) is 3.21. The number of aromatic nitrogens is 2. The highest BCUT2D eigenvalue weighted by Crippen LogP contribution is 2.09. The van der Waals surface area contributed by atoms with Gasteiger partial charge in [0.25, 0.3) is 0 Å². The number of nitrogens with zero attached hydrogens (tertiary/aromatic N) is 2. The van der Waals surface area contributed by atoms with E-state index in [2.05, 4.69) is 5.10 Å². The Bertz CT molecular complexity index is 488. The standard InChI is InChI=1S/C10H10N2O2/c1-7-5-8-3-2-4-9(6-10(13)14)12(8)11-7/h2-5H,6H2,1H3,(H,13,14). The SMILES string of the molecule is Cc1cc2cccc(CC(=O)O)n2n1. The molecule has 0 atom stereocenters. The minimum Gasteiger partial charge on any atom is -0.481 e. The van der Waals surface area contributed by atoms with Crippen molar-refractivity contribution in [2.24, 2.45) is 0 Å². The smallest absolute Gasteiger partial charge is 0.309 e. The van der Waals surface area contributed by atoms with E-state index in [1.54, 1.807) is 10.6 Å². The number of carboxylic acids is 1. The summed E-state index contributed by atoms with van der Waals surface area (Å²) in [5.74, 6) is -0.842. The maximum Gasteiger partial charge on any atom is 0.309 e. The summed E-state index contributed by atoms with van der Waals surface area (Å²) in [7, 11) is 0. The number of carboxylic acid groups (broad SMARTS) is 1. The molecule has 72 valence electrons. The molecule has 0 radical (unpaired) electrons. The van der Waals surface area contributed by atoms with E-state index in [0.717, 1.165) is 11.2 Å². The number of hydrogen-bond acceptors (Lipinski definition) is 2. The summed E-state index contributed by atoms with van der Waals surface area (Å²) in [6.45, 7) is 1.89. The Balaban J connectivity index is 2.58. The molecule has 1 N–H and O–H groups in total. The largest absolute Gasteiger partial charge is 0.481 e. The average molecular weight is 190 g/mol. The number of hydrogen-bond donors (Lipinski definition) is 1. The molecule has 2 aromatic rings. The van der Waals surface area contributed by atoms with Crippen LogP contribution in [0.25, 0.3) is 5.52 Å².